The Kier molecular flexibility index (Phi) is 21.2. The van der Waals surface area contributed by atoms with Crippen molar-refractivity contribution in [1.29, 1.82) is 0 Å². The first-order chi connectivity index (χ1) is 14.5. The fourth-order valence-corrected chi connectivity index (χ4v) is 3.95. The van der Waals surface area contributed by atoms with Gasteiger partial charge in [0.2, 0.25) is 0 Å². The first-order valence-corrected chi connectivity index (χ1v) is 13.0. The summed E-state index contributed by atoms with van der Waals surface area (Å²) in [4.78, 5) is 11.6. The lowest BCUT2D eigenvalue weighted by molar-refractivity contribution is -0.178. The van der Waals surface area contributed by atoms with E-state index in [1.54, 1.807) is 0 Å². The summed E-state index contributed by atoms with van der Waals surface area (Å²) in [6.45, 7) is 8.78. The maximum Gasteiger partial charge on any atom is 0.309 e. The quantitative estimate of drug-likeness (QED) is 0.132. The lowest BCUT2D eigenvalue weighted by atomic mass is 9.95. The van der Waals surface area contributed by atoms with Gasteiger partial charge in [0.25, 0.3) is 0 Å². The summed E-state index contributed by atoms with van der Waals surface area (Å²) in [5, 5.41) is 9.55. The molecule has 180 valence electrons. The Morgan fingerprint density at radius 3 is 1.57 bits per heavy atom. The van der Waals surface area contributed by atoms with Crippen molar-refractivity contribution in [3.63, 3.8) is 0 Å². The van der Waals surface area contributed by atoms with Crippen LogP contribution >= 0.6 is 0 Å². The molecule has 0 rings (SSSR count). The Bertz CT molecular complexity index is 372. The molecule has 0 saturated heterocycles. The largest absolute Gasteiger partial charge is 0.481 e. The zero-order valence-corrected chi connectivity index (χ0v) is 20.6. The van der Waals surface area contributed by atoms with E-state index in [1.807, 2.05) is 13.8 Å². The van der Waals surface area contributed by atoms with Gasteiger partial charge in [0.1, 0.15) is 0 Å². The van der Waals surface area contributed by atoms with E-state index >= 15 is 0 Å². The molecule has 0 fully saturated rings. The second-order valence-corrected chi connectivity index (χ2v) is 8.96. The lowest BCUT2D eigenvalue weighted by Crippen LogP contribution is -2.32. The summed E-state index contributed by atoms with van der Waals surface area (Å²) in [5.41, 5.74) is 0. The van der Waals surface area contributed by atoms with Crippen LogP contribution in [0.2, 0.25) is 0 Å². The smallest absolute Gasteiger partial charge is 0.309 e. The van der Waals surface area contributed by atoms with Crippen molar-refractivity contribution in [2.75, 3.05) is 6.61 Å². The summed E-state index contributed by atoms with van der Waals surface area (Å²) in [6, 6.07) is 0. The van der Waals surface area contributed by atoms with Crippen LogP contribution in [-0.2, 0) is 14.3 Å². The van der Waals surface area contributed by atoms with Crippen LogP contribution in [0.25, 0.3) is 0 Å². The minimum atomic E-state index is -0.752. The maximum atomic E-state index is 11.6. The molecule has 0 heterocycles. The molecule has 0 aliphatic carbocycles. The van der Waals surface area contributed by atoms with Crippen molar-refractivity contribution in [2.24, 2.45) is 5.92 Å². The zero-order valence-electron chi connectivity index (χ0n) is 20.6. The zero-order chi connectivity index (χ0) is 22.5. The van der Waals surface area contributed by atoms with Gasteiger partial charge in [-0.05, 0) is 26.7 Å². The van der Waals surface area contributed by atoms with Crippen LogP contribution in [0, 0.1) is 5.92 Å². The van der Waals surface area contributed by atoms with E-state index in [0.29, 0.717) is 13.0 Å². The molecule has 30 heavy (non-hydrogen) atoms. The summed E-state index contributed by atoms with van der Waals surface area (Å²) in [5.74, 6) is -1.20. The van der Waals surface area contributed by atoms with E-state index in [2.05, 4.69) is 13.8 Å². The fraction of sp³-hybridized carbons (Fsp3) is 0.962. The van der Waals surface area contributed by atoms with Crippen LogP contribution < -0.4 is 0 Å². The molecule has 0 bridgehead atoms. The van der Waals surface area contributed by atoms with Gasteiger partial charge in [-0.1, -0.05) is 110 Å². The Morgan fingerprint density at radius 1 is 0.700 bits per heavy atom. The van der Waals surface area contributed by atoms with Crippen LogP contribution in [0.1, 0.15) is 137 Å². The van der Waals surface area contributed by atoms with E-state index in [4.69, 9.17) is 9.47 Å². The van der Waals surface area contributed by atoms with Crippen molar-refractivity contribution >= 4 is 5.97 Å². The summed E-state index contributed by atoms with van der Waals surface area (Å²) in [7, 11) is 0. The number of unbranched alkanes of at least 4 members (excludes halogenated alkanes) is 14. The minimum absolute atomic E-state index is 0.318. The molecule has 4 heteroatoms. The average molecular weight is 429 g/mol. The number of rotatable bonds is 23. The van der Waals surface area contributed by atoms with Crippen molar-refractivity contribution in [3.05, 3.63) is 0 Å². The highest BCUT2D eigenvalue weighted by molar-refractivity contribution is 5.70. The predicted octanol–water partition coefficient (Wildman–Crippen LogP) is 8.13. The number of carbonyl (C=O) groups is 1. The molecule has 0 aromatic heterocycles. The molecule has 0 radical (unpaired) electrons. The van der Waals surface area contributed by atoms with Gasteiger partial charge in [-0.3, -0.25) is 4.79 Å². The van der Waals surface area contributed by atoms with E-state index < -0.39 is 11.9 Å². The van der Waals surface area contributed by atoms with Gasteiger partial charge in [-0.25, -0.2) is 0 Å². The molecule has 1 N–H and O–H groups in total. The minimum Gasteiger partial charge on any atom is -0.481 e. The number of carboxylic acids is 1. The number of ether oxygens (including phenoxy) is 2. The Morgan fingerprint density at radius 2 is 1.13 bits per heavy atom. The predicted molar refractivity (Wildman–Crippen MR) is 127 cm³/mol. The summed E-state index contributed by atoms with van der Waals surface area (Å²) >= 11 is 0. The molecular formula is C26H52O4. The highest BCUT2D eigenvalue weighted by atomic mass is 16.7. The Hall–Kier alpha value is -0.610. The van der Waals surface area contributed by atoms with Gasteiger partial charge >= 0.3 is 5.97 Å². The van der Waals surface area contributed by atoms with E-state index in [-0.39, 0.29) is 12.4 Å². The van der Waals surface area contributed by atoms with Crippen molar-refractivity contribution in [3.8, 4) is 0 Å². The molecule has 0 aromatic rings. The molecule has 3 unspecified atom stereocenters. The fourth-order valence-electron chi connectivity index (χ4n) is 3.95. The van der Waals surface area contributed by atoms with Gasteiger partial charge in [0, 0.05) is 6.61 Å². The first kappa shape index (κ1) is 29.4. The third-order valence-electron chi connectivity index (χ3n) is 6.01. The third-order valence-corrected chi connectivity index (χ3v) is 6.01. The molecule has 3 atom stereocenters. The number of hydrogen-bond donors (Lipinski definition) is 1. The maximum absolute atomic E-state index is 11.6. The molecule has 0 aliphatic heterocycles. The number of aliphatic carboxylic acids is 1. The average Bonchev–Trinajstić information content (AvgIpc) is 2.70. The van der Waals surface area contributed by atoms with Crippen molar-refractivity contribution in [2.45, 2.75) is 149 Å². The molecule has 0 spiro atoms. The van der Waals surface area contributed by atoms with Crippen LogP contribution in [0.5, 0.6) is 0 Å². The van der Waals surface area contributed by atoms with Crippen LogP contribution in [0.3, 0.4) is 0 Å². The van der Waals surface area contributed by atoms with E-state index in [1.165, 1.54) is 77.0 Å². The SMILES string of the molecule is CCCCCCCCCCCCCCCCC(C(=O)O)C(C)OC(C)OCCCC. The van der Waals surface area contributed by atoms with Crippen molar-refractivity contribution in [1.82, 2.24) is 0 Å². The molecule has 0 aliphatic rings. The Labute approximate surface area is 187 Å². The Balaban J connectivity index is 3.66. The van der Waals surface area contributed by atoms with Crippen LogP contribution in [0.15, 0.2) is 0 Å². The topological polar surface area (TPSA) is 55.8 Å². The number of hydrogen-bond acceptors (Lipinski definition) is 3. The van der Waals surface area contributed by atoms with Gasteiger partial charge in [-0.2, -0.15) is 0 Å². The van der Waals surface area contributed by atoms with E-state index in [9.17, 15) is 9.90 Å². The highest BCUT2D eigenvalue weighted by Gasteiger charge is 2.26. The third kappa shape index (κ3) is 18.2. The lowest BCUT2D eigenvalue weighted by Gasteiger charge is -2.24. The second-order valence-electron chi connectivity index (χ2n) is 8.96. The van der Waals surface area contributed by atoms with Gasteiger partial charge in [0.15, 0.2) is 6.29 Å². The monoisotopic (exact) mass is 428 g/mol. The van der Waals surface area contributed by atoms with Crippen LogP contribution in [0.4, 0.5) is 0 Å². The molecule has 0 aromatic carbocycles. The molecular weight excluding hydrogens is 376 g/mol. The second kappa shape index (κ2) is 21.6. The number of carboxylic acid groups (broad SMARTS) is 1. The van der Waals surface area contributed by atoms with Gasteiger partial charge < -0.3 is 14.6 Å². The summed E-state index contributed by atoms with van der Waals surface area (Å²) in [6.07, 6.45) is 20.5. The normalized spacial score (nSPS) is 14.5. The standard InChI is InChI=1S/C26H52O4/c1-5-7-9-10-11-12-13-14-15-16-17-18-19-20-21-25(26(27)28)23(3)30-24(4)29-22-8-6-2/h23-25H,5-22H2,1-4H3,(H,27,28). The summed E-state index contributed by atoms with van der Waals surface area (Å²) < 4.78 is 11.4. The molecule has 0 saturated carbocycles. The van der Waals surface area contributed by atoms with E-state index in [0.717, 1.165) is 25.7 Å². The van der Waals surface area contributed by atoms with Crippen molar-refractivity contribution < 1.29 is 19.4 Å². The highest BCUT2D eigenvalue weighted by Crippen LogP contribution is 2.20. The first-order valence-electron chi connectivity index (χ1n) is 13.0. The van der Waals surface area contributed by atoms with Gasteiger partial charge in [-0.15, -0.1) is 0 Å². The molecule has 0 amide bonds. The van der Waals surface area contributed by atoms with Gasteiger partial charge in [0.05, 0.1) is 12.0 Å². The van der Waals surface area contributed by atoms with Crippen LogP contribution in [-0.4, -0.2) is 30.1 Å². The molecule has 4 nitrogen and oxygen atoms in total.